The van der Waals surface area contributed by atoms with Gasteiger partial charge in [0.25, 0.3) is 0 Å². The Hall–Kier alpha value is -1.42. The van der Waals surface area contributed by atoms with Crippen LogP contribution in [-0.2, 0) is 11.2 Å². The molecule has 4 nitrogen and oxygen atoms in total. The number of rotatable bonds is 3. The van der Waals surface area contributed by atoms with Crippen LogP contribution in [0.3, 0.4) is 0 Å². The highest BCUT2D eigenvalue weighted by Crippen LogP contribution is 2.26. The zero-order chi connectivity index (χ0) is 11.5. The highest BCUT2D eigenvalue weighted by Gasteiger charge is 2.27. The number of anilines is 1. The number of hydrogen-bond donors (Lipinski definition) is 2. The van der Waals surface area contributed by atoms with E-state index in [2.05, 4.69) is 4.98 Å². The van der Waals surface area contributed by atoms with Gasteiger partial charge in [0.2, 0.25) is 0 Å². The summed E-state index contributed by atoms with van der Waals surface area (Å²) in [5, 5.41) is 0. The Labute approximate surface area is 95.0 Å². The van der Waals surface area contributed by atoms with Crippen LogP contribution in [0.1, 0.15) is 24.8 Å². The second kappa shape index (κ2) is 4.61. The number of Topliss-reactive ketones (excluding diaryl/α,β-unsaturated/α-hetero) is 1. The Morgan fingerprint density at radius 3 is 2.94 bits per heavy atom. The lowest BCUT2D eigenvalue weighted by molar-refractivity contribution is -0.122. The molecule has 86 valence electrons. The first-order valence-corrected chi connectivity index (χ1v) is 5.64. The summed E-state index contributed by atoms with van der Waals surface area (Å²) in [4.78, 5) is 15.9. The molecule has 0 aromatic carbocycles. The Bertz CT molecular complexity index is 392. The predicted octanol–water partition coefficient (Wildman–Crippen LogP) is 0.903. The Morgan fingerprint density at radius 2 is 2.31 bits per heavy atom. The number of nitrogens with zero attached hydrogens (tertiary/aromatic N) is 1. The number of nitrogens with two attached hydrogens (primary N) is 2. The SMILES string of the molecule is Nc1cc(CC(=O)C2CCC(N)C2)ccn1. The van der Waals surface area contributed by atoms with E-state index in [1.165, 1.54) is 0 Å². The maximum Gasteiger partial charge on any atom is 0.140 e. The summed E-state index contributed by atoms with van der Waals surface area (Å²) in [7, 11) is 0. The molecule has 0 amide bonds. The molecule has 1 fully saturated rings. The van der Waals surface area contributed by atoms with Gasteiger partial charge < -0.3 is 11.5 Å². The fourth-order valence-electron chi connectivity index (χ4n) is 2.26. The summed E-state index contributed by atoms with van der Waals surface area (Å²) in [6.07, 6.45) is 4.82. The Balaban J connectivity index is 1.97. The maximum atomic E-state index is 12.0. The van der Waals surface area contributed by atoms with E-state index in [0.29, 0.717) is 12.2 Å². The topological polar surface area (TPSA) is 82.0 Å². The second-order valence-electron chi connectivity index (χ2n) is 4.50. The molecule has 1 saturated carbocycles. The number of carbonyl (C=O) groups excluding carboxylic acids is 1. The molecule has 1 aromatic heterocycles. The first-order valence-electron chi connectivity index (χ1n) is 5.64. The van der Waals surface area contributed by atoms with Gasteiger partial charge in [-0.1, -0.05) is 0 Å². The van der Waals surface area contributed by atoms with Crippen molar-refractivity contribution in [3.05, 3.63) is 23.9 Å². The fraction of sp³-hybridized carbons (Fsp3) is 0.500. The second-order valence-corrected chi connectivity index (χ2v) is 4.50. The molecular formula is C12H17N3O. The fourth-order valence-corrected chi connectivity index (χ4v) is 2.26. The minimum absolute atomic E-state index is 0.143. The number of pyridine rings is 1. The Kier molecular flexibility index (Phi) is 3.19. The van der Waals surface area contributed by atoms with Crippen molar-refractivity contribution in [1.29, 1.82) is 0 Å². The molecule has 4 N–H and O–H groups in total. The lowest BCUT2D eigenvalue weighted by Gasteiger charge is -2.08. The van der Waals surface area contributed by atoms with Gasteiger partial charge in [0.15, 0.2) is 0 Å². The summed E-state index contributed by atoms with van der Waals surface area (Å²) >= 11 is 0. The van der Waals surface area contributed by atoms with Crippen LogP contribution < -0.4 is 11.5 Å². The first kappa shape index (κ1) is 11.1. The number of hydrogen-bond acceptors (Lipinski definition) is 4. The Morgan fingerprint density at radius 1 is 1.50 bits per heavy atom. The molecule has 1 aliphatic carbocycles. The third-order valence-electron chi connectivity index (χ3n) is 3.15. The van der Waals surface area contributed by atoms with Crippen LogP contribution in [0.5, 0.6) is 0 Å². The zero-order valence-electron chi connectivity index (χ0n) is 9.23. The van der Waals surface area contributed by atoms with Crippen molar-refractivity contribution in [1.82, 2.24) is 4.98 Å². The lowest BCUT2D eigenvalue weighted by atomic mass is 9.97. The van der Waals surface area contributed by atoms with Crippen molar-refractivity contribution in [2.45, 2.75) is 31.7 Å². The van der Waals surface area contributed by atoms with Gasteiger partial charge >= 0.3 is 0 Å². The maximum absolute atomic E-state index is 12.0. The molecule has 1 heterocycles. The van der Waals surface area contributed by atoms with Crippen LogP contribution in [0, 0.1) is 5.92 Å². The minimum atomic E-state index is 0.143. The van der Waals surface area contributed by atoms with Crippen molar-refractivity contribution in [3.63, 3.8) is 0 Å². The molecule has 0 saturated heterocycles. The van der Waals surface area contributed by atoms with E-state index in [4.69, 9.17) is 11.5 Å². The van der Waals surface area contributed by atoms with Crippen molar-refractivity contribution in [2.24, 2.45) is 11.7 Å². The van der Waals surface area contributed by atoms with Gasteiger partial charge in [0.05, 0.1) is 0 Å². The molecular weight excluding hydrogens is 202 g/mol. The highest BCUT2D eigenvalue weighted by molar-refractivity contribution is 5.83. The van der Waals surface area contributed by atoms with Gasteiger partial charge in [0.1, 0.15) is 11.6 Å². The number of carbonyl (C=O) groups is 1. The van der Waals surface area contributed by atoms with E-state index in [9.17, 15) is 4.79 Å². The quantitative estimate of drug-likeness (QED) is 0.791. The smallest absolute Gasteiger partial charge is 0.140 e. The molecule has 4 heteroatoms. The molecule has 2 rings (SSSR count). The van der Waals surface area contributed by atoms with Crippen LogP contribution >= 0.6 is 0 Å². The van der Waals surface area contributed by atoms with Crippen LogP contribution in [0.2, 0.25) is 0 Å². The molecule has 16 heavy (non-hydrogen) atoms. The van der Waals surface area contributed by atoms with Gasteiger partial charge in [-0.25, -0.2) is 4.98 Å². The van der Waals surface area contributed by atoms with E-state index < -0.39 is 0 Å². The zero-order valence-corrected chi connectivity index (χ0v) is 9.23. The summed E-state index contributed by atoms with van der Waals surface area (Å²) in [5.74, 6) is 0.886. The summed E-state index contributed by atoms with van der Waals surface area (Å²) in [6.45, 7) is 0. The average molecular weight is 219 g/mol. The van der Waals surface area contributed by atoms with Crippen molar-refractivity contribution in [3.8, 4) is 0 Å². The average Bonchev–Trinajstić information content (AvgIpc) is 2.65. The van der Waals surface area contributed by atoms with Gasteiger partial charge in [-0.15, -0.1) is 0 Å². The van der Waals surface area contributed by atoms with Gasteiger partial charge in [0, 0.05) is 24.6 Å². The van der Waals surface area contributed by atoms with E-state index in [-0.39, 0.29) is 17.7 Å². The van der Waals surface area contributed by atoms with Crippen LogP contribution in [0.4, 0.5) is 5.82 Å². The molecule has 1 aliphatic rings. The van der Waals surface area contributed by atoms with Gasteiger partial charge in [-0.05, 0) is 37.0 Å². The monoisotopic (exact) mass is 219 g/mol. The minimum Gasteiger partial charge on any atom is -0.384 e. The number of ketones is 1. The number of nitrogen functional groups attached to an aromatic ring is 1. The van der Waals surface area contributed by atoms with Crippen molar-refractivity contribution >= 4 is 11.6 Å². The van der Waals surface area contributed by atoms with Crippen LogP contribution in [0.25, 0.3) is 0 Å². The predicted molar refractivity (Wildman–Crippen MR) is 62.7 cm³/mol. The first-order chi connectivity index (χ1) is 7.65. The third kappa shape index (κ3) is 2.58. The highest BCUT2D eigenvalue weighted by atomic mass is 16.1. The normalized spacial score (nSPS) is 24.6. The van der Waals surface area contributed by atoms with Gasteiger partial charge in [-0.3, -0.25) is 4.79 Å². The molecule has 0 radical (unpaired) electrons. The number of aromatic nitrogens is 1. The van der Waals surface area contributed by atoms with E-state index in [1.54, 1.807) is 12.3 Å². The largest absolute Gasteiger partial charge is 0.384 e. The third-order valence-corrected chi connectivity index (χ3v) is 3.15. The summed E-state index contributed by atoms with van der Waals surface area (Å²) in [5.41, 5.74) is 12.3. The molecule has 0 aliphatic heterocycles. The molecule has 2 atom stereocenters. The summed E-state index contributed by atoms with van der Waals surface area (Å²) < 4.78 is 0. The van der Waals surface area contributed by atoms with E-state index in [0.717, 1.165) is 24.8 Å². The lowest BCUT2D eigenvalue weighted by Crippen LogP contribution is -2.19. The molecule has 1 aromatic rings. The van der Waals surface area contributed by atoms with Crippen LogP contribution in [-0.4, -0.2) is 16.8 Å². The van der Waals surface area contributed by atoms with Crippen molar-refractivity contribution in [2.75, 3.05) is 5.73 Å². The van der Waals surface area contributed by atoms with Crippen molar-refractivity contribution < 1.29 is 4.79 Å². The molecule has 0 bridgehead atoms. The molecule has 0 spiro atoms. The standard InChI is InChI=1S/C12H17N3O/c13-10-2-1-9(7-10)11(16)5-8-3-4-15-12(14)6-8/h3-4,6,9-10H,1-2,5,7,13H2,(H2,14,15). The van der Waals surface area contributed by atoms with E-state index in [1.807, 2.05) is 6.07 Å². The summed E-state index contributed by atoms with van der Waals surface area (Å²) in [6, 6.07) is 3.80. The van der Waals surface area contributed by atoms with Crippen LogP contribution in [0.15, 0.2) is 18.3 Å². The van der Waals surface area contributed by atoms with E-state index >= 15 is 0 Å². The van der Waals surface area contributed by atoms with Gasteiger partial charge in [-0.2, -0.15) is 0 Å². The molecule has 2 unspecified atom stereocenters.